The smallest absolute Gasteiger partial charge is 0.258 e. The zero-order valence-corrected chi connectivity index (χ0v) is 10.5. The molecule has 98 valence electrons. The number of aromatic nitrogens is 2. The van der Waals surface area contributed by atoms with Crippen LogP contribution >= 0.6 is 0 Å². The average molecular weight is 265 g/mol. The van der Waals surface area contributed by atoms with Crippen molar-refractivity contribution >= 4 is 22.8 Å². The molecular formula is C15H11N3O2. The first-order valence-electron chi connectivity index (χ1n) is 6.08. The minimum atomic E-state index is -0.300. The molecule has 2 N–H and O–H groups in total. The van der Waals surface area contributed by atoms with E-state index < -0.39 is 0 Å². The molecule has 3 aromatic rings. The summed E-state index contributed by atoms with van der Waals surface area (Å²) in [6, 6.07) is 14.7. The maximum atomic E-state index is 10.9. The third kappa shape index (κ3) is 2.16. The van der Waals surface area contributed by atoms with Gasteiger partial charge in [-0.05, 0) is 24.3 Å². The van der Waals surface area contributed by atoms with E-state index in [-0.39, 0.29) is 11.8 Å². The Bertz CT molecular complexity index is 729. The van der Waals surface area contributed by atoms with Crippen LogP contribution in [0.2, 0.25) is 0 Å². The van der Waals surface area contributed by atoms with Crippen molar-refractivity contribution in [3.63, 3.8) is 0 Å². The Morgan fingerprint density at radius 3 is 2.05 bits per heavy atom. The molecule has 0 bridgehead atoms. The fourth-order valence-electron chi connectivity index (χ4n) is 2.00. The number of hydrogen-bond acceptors (Lipinski definition) is 3. The predicted molar refractivity (Wildman–Crippen MR) is 74.3 cm³/mol. The van der Waals surface area contributed by atoms with E-state index >= 15 is 0 Å². The van der Waals surface area contributed by atoms with Crippen molar-refractivity contribution in [3.8, 4) is 0 Å². The number of imidazole rings is 1. The Hall–Kier alpha value is -2.95. The van der Waals surface area contributed by atoms with Crippen LogP contribution in [0.4, 0.5) is 0 Å². The lowest BCUT2D eigenvalue weighted by Crippen LogP contribution is -2.19. The average Bonchev–Trinajstić information content (AvgIpc) is 3.06. The molecule has 20 heavy (non-hydrogen) atoms. The van der Waals surface area contributed by atoms with Gasteiger partial charge in [-0.15, -0.1) is 0 Å². The largest absolute Gasteiger partial charge is 0.345 e. The molecule has 4 rings (SSSR count). The topological polar surface area (TPSA) is 74.8 Å². The molecule has 1 aliphatic heterocycles. The molecule has 0 atom stereocenters. The van der Waals surface area contributed by atoms with Crippen molar-refractivity contribution in [3.05, 3.63) is 66.0 Å². The van der Waals surface area contributed by atoms with Gasteiger partial charge >= 0.3 is 0 Å². The van der Waals surface area contributed by atoms with Crippen LogP contribution in [0.15, 0.2) is 54.9 Å². The molecule has 0 aliphatic carbocycles. The molecule has 1 aromatic heterocycles. The number of para-hydroxylation sites is 2. The number of fused-ring (bicyclic) bond motifs is 2. The standard InChI is InChI=1S/C8H5NO2.C7H6N2/c10-7-5-3-1-2-4-6(5)8(11)9-7;1-2-4-7-6(3-1)8-5-9-7/h1-4H,(H,9,10,11);1-5H,(H,8,9). The Balaban J connectivity index is 0.000000123. The molecule has 0 saturated heterocycles. The zero-order chi connectivity index (χ0) is 13.9. The summed E-state index contributed by atoms with van der Waals surface area (Å²) in [5.41, 5.74) is 3.06. The maximum absolute atomic E-state index is 10.9. The first-order chi connectivity index (χ1) is 9.75. The fourth-order valence-corrected chi connectivity index (χ4v) is 2.00. The van der Waals surface area contributed by atoms with Crippen LogP contribution in [0.3, 0.4) is 0 Å². The second kappa shape index (κ2) is 4.97. The number of imide groups is 1. The molecule has 0 unspecified atom stereocenters. The lowest BCUT2D eigenvalue weighted by Gasteiger charge is -1.88. The number of H-pyrrole nitrogens is 1. The van der Waals surface area contributed by atoms with Crippen LogP contribution in [0.1, 0.15) is 20.7 Å². The second-order valence-corrected chi connectivity index (χ2v) is 4.25. The van der Waals surface area contributed by atoms with Gasteiger partial charge in [0.05, 0.1) is 28.5 Å². The van der Waals surface area contributed by atoms with Gasteiger partial charge in [0.1, 0.15) is 0 Å². The van der Waals surface area contributed by atoms with Gasteiger partial charge in [-0.25, -0.2) is 4.98 Å². The molecule has 2 aromatic carbocycles. The molecule has 1 aliphatic rings. The van der Waals surface area contributed by atoms with E-state index in [4.69, 9.17) is 0 Å². The van der Waals surface area contributed by atoms with Gasteiger partial charge < -0.3 is 4.98 Å². The van der Waals surface area contributed by atoms with Crippen LogP contribution in [-0.4, -0.2) is 21.8 Å². The Morgan fingerprint density at radius 1 is 0.800 bits per heavy atom. The van der Waals surface area contributed by atoms with Crippen molar-refractivity contribution < 1.29 is 9.59 Å². The molecule has 5 nitrogen and oxygen atoms in total. The molecule has 0 radical (unpaired) electrons. The number of nitrogens with zero attached hydrogens (tertiary/aromatic N) is 1. The summed E-state index contributed by atoms with van der Waals surface area (Å²) >= 11 is 0. The zero-order valence-electron chi connectivity index (χ0n) is 10.5. The minimum Gasteiger partial charge on any atom is -0.345 e. The number of rotatable bonds is 0. The van der Waals surface area contributed by atoms with Crippen LogP contribution < -0.4 is 5.32 Å². The molecule has 0 fully saturated rings. The first kappa shape index (κ1) is 12.1. The number of carbonyl (C=O) groups is 2. The van der Waals surface area contributed by atoms with E-state index in [9.17, 15) is 9.59 Å². The van der Waals surface area contributed by atoms with E-state index in [2.05, 4.69) is 15.3 Å². The van der Waals surface area contributed by atoms with Crippen LogP contribution in [-0.2, 0) is 0 Å². The SMILES string of the molecule is O=C1NC(=O)c2ccccc21.c1ccc2[nH]cnc2c1. The number of aromatic amines is 1. The number of amides is 2. The van der Waals surface area contributed by atoms with Gasteiger partial charge in [-0.2, -0.15) is 0 Å². The van der Waals surface area contributed by atoms with Gasteiger partial charge in [-0.1, -0.05) is 24.3 Å². The van der Waals surface area contributed by atoms with Crippen molar-refractivity contribution in [1.29, 1.82) is 0 Å². The lowest BCUT2D eigenvalue weighted by atomic mass is 10.1. The highest BCUT2D eigenvalue weighted by Gasteiger charge is 2.25. The van der Waals surface area contributed by atoms with E-state index in [0.29, 0.717) is 11.1 Å². The first-order valence-corrected chi connectivity index (χ1v) is 6.08. The van der Waals surface area contributed by atoms with Gasteiger partial charge in [0.2, 0.25) is 0 Å². The Labute approximate surface area is 114 Å². The van der Waals surface area contributed by atoms with Gasteiger partial charge in [0.25, 0.3) is 11.8 Å². The van der Waals surface area contributed by atoms with Crippen LogP contribution in [0.25, 0.3) is 11.0 Å². The number of nitrogens with one attached hydrogen (secondary N) is 2. The summed E-state index contributed by atoms with van der Waals surface area (Å²) in [6.45, 7) is 0. The Morgan fingerprint density at radius 2 is 1.40 bits per heavy atom. The van der Waals surface area contributed by atoms with Crippen molar-refractivity contribution in [2.45, 2.75) is 0 Å². The van der Waals surface area contributed by atoms with Crippen LogP contribution in [0.5, 0.6) is 0 Å². The number of hydrogen-bond donors (Lipinski definition) is 2. The summed E-state index contributed by atoms with van der Waals surface area (Å²) in [4.78, 5) is 29.0. The quantitative estimate of drug-likeness (QED) is 0.611. The Kier molecular flexibility index (Phi) is 3.01. The molecule has 2 heterocycles. The molecule has 5 heteroatoms. The van der Waals surface area contributed by atoms with E-state index in [1.165, 1.54) is 0 Å². The van der Waals surface area contributed by atoms with Crippen LogP contribution in [0, 0.1) is 0 Å². The van der Waals surface area contributed by atoms with Crippen molar-refractivity contribution in [2.24, 2.45) is 0 Å². The molecule has 2 amide bonds. The minimum absolute atomic E-state index is 0.300. The third-order valence-electron chi connectivity index (χ3n) is 2.97. The highest BCUT2D eigenvalue weighted by atomic mass is 16.2. The lowest BCUT2D eigenvalue weighted by molar-refractivity contribution is 0.0879. The third-order valence-corrected chi connectivity index (χ3v) is 2.97. The monoisotopic (exact) mass is 265 g/mol. The highest BCUT2D eigenvalue weighted by molar-refractivity contribution is 6.21. The van der Waals surface area contributed by atoms with E-state index in [1.807, 2.05) is 24.3 Å². The summed E-state index contributed by atoms with van der Waals surface area (Å²) < 4.78 is 0. The summed E-state index contributed by atoms with van der Waals surface area (Å²) in [5, 5.41) is 2.20. The summed E-state index contributed by atoms with van der Waals surface area (Å²) in [7, 11) is 0. The van der Waals surface area contributed by atoms with Gasteiger partial charge in [-0.3, -0.25) is 14.9 Å². The second-order valence-electron chi connectivity index (χ2n) is 4.25. The van der Waals surface area contributed by atoms with Crippen molar-refractivity contribution in [2.75, 3.05) is 0 Å². The van der Waals surface area contributed by atoms with E-state index in [1.54, 1.807) is 30.6 Å². The molecule has 0 saturated carbocycles. The molecular weight excluding hydrogens is 254 g/mol. The predicted octanol–water partition coefficient (Wildman–Crippen LogP) is 2.13. The summed E-state index contributed by atoms with van der Waals surface area (Å²) in [6.07, 6.45) is 1.70. The van der Waals surface area contributed by atoms with Gasteiger partial charge in [0.15, 0.2) is 0 Å². The number of benzene rings is 2. The van der Waals surface area contributed by atoms with E-state index in [0.717, 1.165) is 11.0 Å². The highest BCUT2D eigenvalue weighted by Crippen LogP contribution is 2.13. The van der Waals surface area contributed by atoms with Crippen molar-refractivity contribution in [1.82, 2.24) is 15.3 Å². The fraction of sp³-hybridized carbons (Fsp3) is 0. The maximum Gasteiger partial charge on any atom is 0.258 e. The summed E-state index contributed by atoms with van der Waals surface area (Å²) in [5.74, 6) is -0.601. The van der Waals surface area contributed by atoms with Gasteiger partial charge in [0, 0.05) is 0 Å². The number of carbonyl (C=O) groups excluding carboxylic acids is 2. The normalized spacial score (nSPS) is 12.6. The molecule has 0 spiro atoms.